The van der Waals surface area contributed by atoms with Crippen LogP contribution in [0.2, 0.25) is 5.02 Å². The number of anilines is 1. The molecule has 1 aromatic rings. The van der Waals surface area contributed by atoms with Gasteiger partial charge in [-0.1, -0.05) is 37.3 Å². The van der Waals surface area contributed by atoms with Crippen LogP contribution < -0.4 is 16.6 Å². The van der Waals surface area contributed by atoms with E-state index in [0.717, 1.165) is 12.3 Å². The SMILES string of the molecule is NNc1ncc(C(=O)NCCC2CCCC2)cc1Cl. The maximum absolute atomic E-state index is 11.9. The molecule has 19 heavy (non-hydrogen) atoms. The van der Waals surface area contributed by atoms with E-state index in [4.69, 9.17) is 17.4 Å². The van der Waals surface area contributed by atoms with Crippen molar-refractivity contribution in [2.45, 2.75) is 32.1 Å². The number of halogens is 1. The number of hydrogen-bond acceptors (Lipinski definition) is 4. The summed E-state index contributed by atoms with van der Waals surface area (Å²) in [7, 11) is 0. The zero-order valence-corrected chi connectivity index (χ0v) is 11.5. The lowest BCUT2D eigenvalue weighted by molar-refractivity contribution is 0.0951. The molecule has 0 bridgehead atoms. The second kappa shape index (κ2) is 6.73. The molecule has 1 aliphatic rings. The lowest BCUT2D eigenvalue weighted by Crippen LogP contribution is -2.26. The summed E-state index contributed by atoms with van der Waals surface area (Å²) >= 11 is 5.93. The maximum atomic E-state index is 11.9. The molecule has 4 N–H and O–H groups in total. The van der Waals surface area contributed by atoms with Gasteiger partial charge in [0.25, 0.3) is 5.91 Å². The van der Waals surface area contributed by atoms with Crippen LogP contribution in [0.15, 0.2) is 12.3 Å². The molecular formula is C13H19ClN4O. The Balaban J connectivity index is 1.83. The zero-order chi connectivity index (χ0) is 13.7. The van der Waals surface area contributed by atoms with Gasteiger partial charge in [-0.05, 0) is 18.4 Å². The summed E-state index contributed by atoms with van der Waals surface area (Å²) in [5, 5.41) is 3.24. The zero-order valence-electron chi connectivity index (χ0n) is 10.8. The van der Waals surface area contributed by atoms with Gasteiger partial charge in [-0.3, -0.25) is 4.79 Å². The molecule has 0 aromatic carbocycles. The van der Waals surface area contributed by atoms with Crippen molar-refractivity contribution in [3.63, 3.8) is 0 Å². The fourth-order valence-electron chi connectivity index (χ4n) is 2.46. The van der Waals surface area contributed by atoms with Crippen LogP contribution in [0, 0.1) is 5.92 Å². The smallest absolute Gasteiger partial charge is 0.252 e. The van der Waals surface area contributed by atoms with E-state index in [-0.39, 0.29) is 5.91 Å². The first-order chi connectivity index (χ1) is 9.20. The Morgan fingerprint density at radius 1 is 1.47 bits per heavy atom. The Bertz CT molecular complexity index is 446. The molecule has 104 valence electrons. The Morgan fingerprint density at radius 2 is 2.21 bits per heavy atom. The molecule has 1 amide bonds. The van der Waals surface area contributed by atoms with Crippen LogP contribution in [0.1, 0.15) is 42.5 Å². The number of amides is 1. The predicted molar refractivity (Wildman–Crippen MR) is 76.0 cm³/mol. The van der Waals surface area contributed by atoms with Crippen molar-refractivity contribution >= 4 is 23.3 Å². The van der Waals surface area contributed by atoms with Gasteiger partial charge in [0.2, 0.25) is 0 Å². The van der Waals surface area contributed by atoms with Crippen molar-refractivity contribution < 1.29 is 4.79 Å². The number of nitrogen functional groups attached to an aromatic ring is 1. The standard InChI is InChI=1S/C13H19ClN4O/c14-11-7-10(8-17-12(11)18-15)13(19)16-6-5-9-3-1-2-4-9/h7-9H,1-6,15H2,(H,16,19)(H,17,18). The van der Waals surface area contributed by atoms with Gasteiger partial charge >= 0.3 is 0 Å². The maximum Gasteiger partial charge on any atom is 0.252 e. The molecule has 1 saturated carbocycles. The predicted octanol–water partition coefficient (Wildman–Crippen LogP) is 2.33. The van der Waals surface area contributed by atoms with E-state index in [1.54, 1.807) is 6.07 Å². The number of nitrogens with one attached hydrogen (secondary N) is 2. The highest BCUT2D eigenvalue weighted by Gasteiger charge is 2.15. The molecule has 5 nitrogen and oxygen atoms in total. The number of hydrazine groups is 1. The molecule has 0 spiro atoms. The van der Waals surface area contributed by atoms with Crippen molar-refractivity contribution in [1.82, 2.24) is 10.3 Å². The van der Waals surface area contributed by atoms with Crippen molar-refractivity contribution in [3.8, 4) is 0 Å². The highest BCUT2D eigenvalue weighted by atomic mass is 35.5. The first-order valence-corrected chi connectivity index (χ1v) is 6.99. The van der Waals surface area contributed by atoms with Gasteiger partial charge in [-0.2, -0.15) is 0 Å². The van der Waals surface area contributed by atoms with E-state index in [0.29, 0.717) is 22.9 Å². The molecule has 1 fully saturated rings. The number of aromatic nitrogens is 1. The summed E-state index contributed by atoms with van der Waals surface area (Å²) in [5.41, 5.74) is 2.82. The molecule has 0 radical (unpaired) electrons. The Morgan fingerprint density at radius 3 is 2.84 bits per heavy atom. The molecule has 1 aliphatic carbocycles. The molecule has 1 aromatic heterocycles. The molecular weight excluding hydrogens is 264 g/mol. The number of rotatable bonds is 5. The van der Waals surface area contributed by atoms with Gasteiger partial charge in [-0.15, -0.1) is 0 Å². The summed E-state index contributed by atoms with van der Waals surface area (Å²) < 4.78 is 0. The molecule has 2 rings (SSSR count). The topological polar surface area (TPSA) is 80.0 Å². The summed E-state index contributed by atoms with van der Waals surface area (Å²) in [6.45, 7) is 0.706. The monoisotopic (exact) mass is 282 g/mol. The van der Waals surface area contributed by atoms with Gasteiger partial charge in [0.15, 0.2) is 5.82 Å². The fourth-order valence-corrected chi connectivity index (χ4v) is 2.68. The normalized spacial score (nSPS) is 15.5. The highest BCUT2D eigenvalue weighted by Crippen LogP contribution is 2.27. The Kier molecular flexibility index (Phi) is 4.99. The van der Waals surface area contributed by atoms with Crippen LogP contribution in [-0.2, 0) is 0 Å². The van der Waals surface area contributed by atoms with Gasteiger partial charge in [-0.25, -0.2) is 10.8 Å². The summed E-state index contributed by atoms with van der Waals surface area (Å²) in [5.74, 6) is 6.22. The van der Waals surface area contributed by atoms with Crippen LogP contribution in [0.25, 0.3) is 0 Å². The van der Waals surface area contributed by atoms with Crippen molar-refractivity contribution in [2.75, 3.05) is 12.0 Å². The molecule has 0 saturated heterocycles. The highest BCUT2D eigenvalue weighted by molar-refractivity contribution is 6.33. The average Bonchev–Trinajstić information content (AvgIpc) is 2.91. The van der Waals surface area contributed by atoms with Crippen molar-refractivity contribution in [1.29, 1.82) is 0 Å². The Labute approximate surface area is 117 Å². The van der Waals surface area contributed by atoms with Crippen LogP contribution in [0.4, 0.5) is 5.82 Å². The third kappa shape index (κ3) is 3.81. The molecule has 6 heteroatoms. The lowest BCUT2D eigenvalue weighted by Gasteiger charge is -2.10. The fraction of sp³-hybridized carbons (Fsp3) is 0.538. The summed E-state index contributed by atoms with van der Waals surface area (Å²) in [4.78, 5) is 15.9. The number of nitrogens with zero attached hydrogens (tertiary/aromatic N) is 1. The van der Waals surface area contributed by atoms with Crippen LogP contribution >= 0.6 is 11.6 Å². The first kappa shape index (κ1) is 14.1. The minimum absolute atomic E-state index is 0.143. The van der Waals surface area contributed by atoms with Crippen LogP contribution in [0.3, 0.4) is 0 Å². The second-order valence-corrected chi connectivity index (χ2v) is 5.30. The quantitative estimate of drug-likeness (QED) is 0.572. The largest absolute Gasteiger partial charge is 0.352 e. The number of nitrogens with two attached hydrogens (primary N) is 1. The number of carbonyl (C=O) groups excluding carboxylic acids is 1. The third-order valence-corrected chi connectivity index (χ3v) is 3.84. The number of pyridine rings is 1. The van der Waals surface area contributed by atoms with Gasteiger partial charge in [0, 0.05) is 12.7 Å². The van der Waals surface area contributed by atoms with E-state index in [1.165, 1.54) is 31.9 Å². The molecule has 1 heterocycles. The summed E-state index contributed by atoms with van der Waals surface area (Å²) in [6.07, 6.45) is 7.75. The van der Waals surface area contributed by atoms with Crippen molar-refractivity contribution in [2.24, 2.45) is 11.8 Å². The number of carbonyl (C=O) groups is 1. The molecule has 0 unspecified atom stereocenters. The van der Waals surface area contributed by atoms with Gasteiger partial charge in [0.1, 0.15) is 0 Å². The van der Waals surface area contributed by atoms with Gasteiger partial charge < -0.3 is 10.7 Å². The van der Waals surface area contributed by atoms with E-state index >= 15 is 0 Å². The minimum atomic E-state index is -0.143. The first-order valence-electron chi connectivity index (χ1n) is 6.61. The van der Waals surface area contributed by atoms with Gasteiger partial charge in [0.05, 0.1) is 10.6 Å². The third-order valence-electron chi connectivity index (χ3n) is 3.55. The van der Waals surface area contributed by atoms with E-state index in [2.05, 4.69) is 15.7 Å². The van der Waals surface area contributed by atoms with Crippen LogP contribution in [-0.4, -0.2) is 17.4 Å². The van der Waals surface area contributed by atoms with Crippen LogP contribution in [0.5, 0.6) is 0 Å². The Hall–Kier alpha value is -1.33. The second-order valence-electron chi connectivity index (χ2n) is 4.89. The average molecular weight is 283 g/mol. The minimum Gasteiger partial charge on any atom is -0.352 e. The number of hydrogen-bond donors (Lipinski definition) is 3. The summed E-state index contributed by atoms with van der Waals surface area (Å²) in [6, 6.07) is 1.56. The van der Waals surface area contributed by atoms with Crippen molar-refractivity contribution in [3.05, 3.63) is 22.8 Å². The molecule has 0 aliphatic heterocycles. The van der Waals surface area contributed by atoms with E-state index < -0.39 is 0 Å². The molecule has 0 atom stereocenters. The van der Waals surface area contributed by atoms with E-state index in [1.807, 2.05) is 0 Å². The van der Waals surface area contributed by atoms with E-state index in [9.17, 15) is 4.79 Å². The lowest BCUT2D eigenvalue weighted by atomic mass is 10.0.